The van der Waals surface area contributed by atoms with Gasteiger partial charge in [-0.25, -0.2) is 0 Å². The number of ether oxygens (including phenoxy) is 6. The Hall–Kier alpha value is 0.190. The molecule has 0 aliphatic carbocycles. The van der Waals surface area contributed by atoms with Gasteiger partial charge in [0.25, 0.3) is 0 Å². The summed E-state index contributed by atoms with van der Waals surface area (Å²) in [4.78, 5) is 0. The zero-order chi connectivity index (χ0) is 12.7. The smallest absolute Gasteiger partial charge is 0.0701 e. The van der Waals surface area contributed by atoms with Crippen LogP contribution in [0.2, 0.25) is 0 Å². The quantitative estimate of drug-likeness (QED) is 0.594. The maximum absolute atomic E-state index is 5.33. The molecule has 19 heavy (non-hydrogen) atoms. The van der Waals surface area contributed by atoms with Gasteiger partial charge in [0.1, 0.15) is 0 Å². The first-order valence-corrected chi connectivity index (χ1v) is 6.46. The molecule has 0 aromatic carbocycles. The summed E-state index contributed by atoms with van der Waals surface area (Å²) in [5.74, 6) is 0. The largest absolute Gasteiger partial charge is 0.377 e. The number of hydrogen-bond acceptors (Lipinski definition) is 6. The Morgan fingerprint density at radius 1 is 0.263 bits per heavy atom. The highest BCUT2D eigenvalue weighted by Crippen LogP contribution is 1.86. The number of hydrogen-bond donors (Lipinski definition) is 0. The summed E-state index contributed by atoms with van der Waals surface area (Å²) < 4.78 is 32.0. The van der Waals surface area contributed by atoms with Gasteiger partial charge in [-0.3, -0.25) is 0 Å². The summed E-state index contributed by atoms with van der Waals surface area (Å²) in [5.41, 5.74) is 0. The van der Waals surface area contributed by atoms with Crippen LogP contribution in [0.4, 0.5) is 0 Å². The van der Waals surface area contributed by atoms with E-state index in [9.17, 15) is 0 Å². The molecule has 1 heterocycles. The topological polar surface area (TPSA) is 55.4 Å². The van der Waals surface area contributed by atoms with Crippen LogP contribution < -0.4 is 0 Å². The summed E-state index contributed by atoms with van der Waals surface area (Å²) in [6.07, 6.45) is 0. The second-order valence-electron chi connectivity index (χ2n) is 3.67. The van der Waals surface area contributed by atoms with Gasteiger partial charge in [-0.15, -0.1) is 0 Å². The summed E-state index contributed by atoms with van der Waals surface area (Å²) in [6, 6.07) is 0. The van der Waals surface area contributed by atoms with E-state index in [1.54, 1.807) is 0 Å². The molecule has 0 spiro atoms. The zero-order valence-electron chi connectivity index (χ0n) is 11.6. The highest BCUT2D eigenvalue weighted by molar-refractivity contribution is 6.92. The molecular formula is C12H27O6P. The van der Waals surface area contributed by atoms with Crippen molar-refractivity contribution in [3.63, 3.8) is 0 Å². The Labute approximate surface area is 118 Å². The highest BCUT2D eigenvalue weighted by Gasteiger charge is 1.95. The van der Waals surface area contributed by atoms with E-state index < -0.39 is 0 Å². The van der Waals surface area contributed by atoms with Gasteiger partial charge in [0.15, 0.2) is 0 Å². The molecule has 116 valence electrons. The first-order chi connectivity index (χ1) is 9.00. The van der Waals surface area contributed by atoms with Gasteiger partial charge < -0.3 is 28.4 Å². The molecule has 0 aromatic rings. The van der Waals surface area contributed by atoms with E-state index in [4.69, 9.17) is 28.4 Å². The van der Waals surface area contributed by atoms with Crippen LogP contribution in [0.25, 0.3) is 0 Å². The van der Waals surface area contributed by atoms with Crippen molar-refractivity contribution < 1.29 is 28.4 Å². The van der Waals surface area contributed by atoms with E-state index in [-0.39, 0.29) is 9.90 Å². The minimum absolute atomic E-state index is 0. The van der Waals surface area contributed by atoms with Crippen molar-refractivity contribution in [1.82, 2.24) is 0 Å². The van der Waals surface area contributed by atoms with Crippen LogP contribution in [0.3, 0.4) is 0 Å². The van der Waals surface area contributed by atoms with E-state index >= 15 is 0 Å². The van der Waals surface area contributed by atoms with E-state index in [0.717, 1.165) is 0 Å². The summed E-state index contributed by atoms with van der Waals surface area (Å²) in [6.45, 7) is 7.04. The average Bonchev–Trinajstić information content (AvgIpc) is 2.39. The molecule has 1 aliphatic rings. The van der Waals surface area contributed by atoms with Crippen molar-refractivity contribution >= 4 is 9.90 Å². The van der Waals surface area contributed by atoms with Gasteiger partial charge >= 0.3 is 0 Å². The standard InChI is InChI=1S/C12H24O6.H3P/c1-2-14-5-6-16-9-10-18-12-11-17-8-7-15-4-3-13-1;/h1-12H2;1H3. The Kier molecular flexibility index (Phi) is 16.4. The van der Waals surface area contributed by atoms with Crippen LogP contribution in [0.5, 0.6) is 0 Å². The molecule has 1 aliphatic heterocycles. The van der Waals surface area contributed by atoms with Gasteiger partial charge in [-0.2, -0.15) is 9.90 Å². The molecule has 0 aromatic heterocycles. The van der Waals surface area contributed by atoms with E-state index in [1.165, 1.54) is 0 Å². The van der Waals surface area contributed by atoms with Crippen molar-refractivity contribution in [2.75, 3.05) is 79.3 Å². The second kappa shape index (κ2) is 16.2. The van der Waals surface area contributed by atoms with Crippen molar-refractivity contribution in [1.29, 1.82) is 0 Å². The molecule has 1 rings (SSSR count). The molecule has 0 saturated carbocycles. The Morgan fingerprint density at radius 3 is 0.474 bits per heavy atom. The lowest BCUT2D eigenvalue weighted by atomic mass is 10.6. The van der Waals surface area contributed by atoms with Crippen LogP contribution in [0.1, 0.15) is 0 Å². The zero-order valence-corrected chi connectivity index (χ0v) is 13.1. The fourth-order valence-corrected chi connectivity index (χ4v) is 1.32. The summed E-state index contributed by atoms with van der Waals surface area (Å²) >= 11 is 0. The molecule has 0 radical (unpaired) electrons. The van der Waals surface area contributed by atoms with Crippen LogP contribution in [-0.2, 0) is 28.4 Å². The maximum Gasteiger partial charge on any atom is 0.0701 e. The SMILES string of the molecule is C1COCCOCCOCCOCCOCCO1.P. The lowest BCUT2D eigenvalue weighted by Crippen LogP contribution is -2.16. The maximum atomic E-state index is 5.33. The van der Waals surface area contributed by atoms with Crippen molar-refractivity contribution in [3.8, 4) is 0 Å². The normalized spacial score (nSPS) is 22.7. The Balaban J connectivity index is 0.00000324. The Bertz CT molecular complexity index is 97.2. The number of rotatable bonds is 0. The molecule has 1 saturated heterocycles. The predicted molar refractivity (Wildman–Crippen MR) is 76.0 cm³/mol. The lowest BCUT2D eigenvalue weighted by Gasteiger charge is -2.09. The van der Waals surface area contributed by atoms with E-state index in [0.29, 0.717) is 79.3 Å². The molecule has 7 heteroatoms. The Morgan fingerprint density at radius 2 is 0.368 bits per heavy atom. The third kappa shape index (κ3) is 14.4. The molecule has 0 N–H and O–H groups in total. The lowest BCUT2D eigenvalue weighted by molar-refractivity contribution is -0.0334. The molecule has 1 fully saturated rings. The van der Waals surface area contributed by atoms with Crippen LogP contribution in [-0.4, -0.2) is 79.3 Å². The third-order valence-corrected chi connectivity index (χ3v) is 2.23. The summed E-state index contributed by atoms with van der Waals surface area (Å²) in [5, 5.41) is 0. The minimum atomic E-state index is 0. The molecule has 6 nitrogen and oxygen atoms in total. The first-order valence-electron chi connectivity index (χ1n) is 6.46. The fourth-order valence-electron chi connectivity index (χ4n) is 1.32. The van der Waals surface area contributed by atoms with Gasteiger partial charge in [-0.1, -0.05) is 0 Å². The van der Waals surface area contributed by atoms with Crippen LogP contribution >= 0.6 is 9.90 Å². The van der Waals surface area contributed by atoms with E-state index in [1.807, 2.05) is 0 Å². The van der Waals surface area contributed by atoms with E-state index in [2.05, 4.69) is 0 Å². The van der Waals surface area contributed by atoms with Crippen molar-refractivity contribution in [2.45, 2.75) is 0 Å². The summed E-state index contributed by atoms with van der Waals surface area (Å²) in [7, 11) is 0. The second-order valence-corrected chi connectivity index (χ2v) is 3.67. The minimum Gasteiger partial charge on any atom is -0.377 e. The molecule has 1 atom stereocenters. The highest BCUT2D eigenvalue weighted by atomic mass is 31.0. The predicted octanol–water partition coefficient (Wildman–Crippen LogP) is 0.158. The van der Waals surface area contributed by atoms with Crippen molar-refractivity contribution in [2.24, 2.45) is 0 Å². The third-order valence-electron chi connectivity index (χ3n) is 2.23. The van der Waals surface area contributed by atoms with Crippen LogP contribution in [0.15, 0.2) is 0 Å². The monoisotopic (exact) mass is 298 g/mol. The van der Waals surface area contributed by atoms with Gasteiger partial charge in [0.2, 0.25) is 0 Å². The molecule has 0 bridgehead atoms. The van der Waals surface area contributed by atoms with Gasteiger partial charge in [0.05, 0.1) is 79.3 Å². The fraction of sp³-hybridized carbons (Fsp3) is 1.00. The average molecular weight is 298 g/mol. The van der Waals surface area contributed by atoms with Gasteiger partial charge in [-0.05, 0) is 0 Å². The molecular weight excluding hydrogens is 271 g/mol. The van der Waals surface area contributed by atoms with Gasteiger partial charge in [0, 0.05) is 0 Å². The van der Waals surface area contributed by atoms with Crippen molar-refractivity contribution in [3.05, 3.63) is 0 Å². The molecule has 0 amide bonds. The first kappa shape index (κ1) is 19.2. The van der Waals surface area contributed by atoms with Crippen LogP contribution in [0, 0.1) is 0 Å². The molecule has 1 unspecified atom stereocenters.